The monoisotopic (exact) mass is 242 g/mol. The Kier molecular flexibility index (Phi) is 5.46. The zero-order chi connectivity index (χ0) is 11.2. The van der Waals surface area contributed by atoms with Gasteiger partial charge in [-0.25, -0.2) is 0 Å². The first-order valence-corrected chi connectivity index (χ1v) is 8.07. The van der Waals surface area contributed by atoms with Crippen molar-refractivity contribution < 1.29 is 0 Å². The van der Waals surface area contributed by atoms with Crippen molar-refractivity contribution in [1.82, 2.24) is 10.2 Å². The fourth-order valence-electron chi connectivity index (χ4n) is 2.83. The molecule has 2 heterocycles. The van der Waals surface area contributed by atoms with Gasteiger partial charge in [-0.05, 0) is 56.2 Å². The minimum Gasteiger partial charge on any atom is -0.313 e. The van der Waals surface area contributed by atoms with Crippen LogP contribution in [0.3, 0.4) is 0 Å². The van der Waals surface area contributed by atoms with Crippen LogP contribution in [-0.2, 0) is 0 Å². The van der Waals surface area contributed by atoms with Crippen molar-refractivity contribution in [3.63, 3.8) is 0 Å². The predicted octanol–water partition coefficient (Wildman–Crippen LogP) is 2.20. The van der Waals surface area contributed by atoms with Gasteiger partial charge in [0.15, 0.2) is 0 Å². The van der Waals surface area contributed by atoms with Crippen LogP contribution in [0, 0.1) is 5.92 Å². The zero-order valence-electron chi connectivity index (χ0n) is 10.6. The molecule has 0 saturated carbocycles. The van der Waals surface area contributed by atoms with E-state index in [0.717, 1.165) is 12.0 Å². The number of likely N-dealkylation sites (tertiary alicyclic amines) is 1. The maximum atomic E-state index is 3.68. The molecular weight excluding hydrogens is 216 g/mol. The van der Waals surface area contributed by atoms with Crippen LogP contribution in [0.5, 0.6) is 0 Å². The van der Waals surface area contributed by atoms with Gasteiger partial charge >= 0.3 is 0 Å². The lowest BCUT2D eigenvalue weighted by molar-refractivity contribution is 0.171. The summed E-state index contributed by atoms with van der Waals surface area (Å²) in [7, 11) is 0. The summed E-state index contributed by atoms with van der Waals surface area (Å²) in [4.78, 5) is 2.70. The smallest absolute Gasteiger partial charge is 0.0195 e. The molecule has 0 aromatic carbocycles. The topological polar surface area (TPSA) is 15.3 Å². The van der Waals surface area contributed by atoms with Gasteiger partial charge in [0, 0.05) is 19.1 Å². The second-order valence-electron chi connectivity index (χ2n) is 5.28. The van der Waals surface area contributed by atoms with Crippen LogP contribution in [0.4, 0.5) is 0 Å². The third-order valence-electron chi connectivity index (χ3n) is 3.73. The van der Waals surface area contributed by atoms with E-state index in [-0.39, 0.29) is 0 Å². The Morgan fingerprint density at radius 2 is 2.31 bits per heavy atom. The zero-order valence-corrected chi connectivity index (χ0v) is 11.4. The third-order valence-corrected chi connectivity index (χ3v) is 4.96. The molecule has 94 valence electrons. The molecule has 0 aromatic heterocycles. The van der Waals surface area contributed by atoms with Crippen molar-refractivity contribution in [2.75, 3.05) is 37.7 Å². The molecule has 2 atom stereocenters. The summed E-state index contributed by atoms with van der Waals surface area (Å²) in [6, 6.07) is 0.766. The first kappa shape index (κ1) is 12.7. The molecule has 2 fully saturated rings. The van der Waals surface area contributed by atoms with E-state index in [1.54, 1.807) is 0 Å². The van der Waals surface area contributed by atoms with Crippen molar-refractivity contribution in [3.8, 4) is 0 Å². The van der Waals surface area contributed by atoms with Crippen LogP contribution in [0.15, 0.2) is 0 Å². The first-order valence-electron chi connectivity index (χ1n) is 6.92. The van der Waals surface area contributed by atoms with Gasteiger partial charge in [-0.1, -0.05) is 6.92 Å². The summed E-state index contributed by atoms with van der Waals surface area (Å²) in [5.74, 6) is 3.79. The van der Waals surface area contributed by atoms with Crippen molar-refractivity contribution in [2.24, 2.45) is 5.92 Å². The van der Waals surface area contributed by atoms with Crippen LogP contribution >= 0.6 is 11.8 Å². The summed E-state index contributed by atoms with van der Waals surface area (Å²) in [6.45, 7) is 7.44. The number of thioether (sulfide) groups is 1. The van der Waals surface area contributed by atoms with Gasteiger partial charge < -0.3 is 10.2 Å². The Hall–Kier alpha value is 0.270. The molecule has 0 bridgehead atoms. The minimum absolute atomic E-state index is 0.766. The van der Waals surface area contributed by atoms with E-state index in [2.05, 4.69) is 28.9 Å². The molecule has 0 aliphatic carbocycles. The van der Waals surface area contributed by atoms with Crippen LogP contribution in [0.2, 0.25) is 0 Å². The van der Waals surface area contributed by atoms with Gasteiger partial charge in [0.2, 0.25) is 0 Å². The first-order chi connectivity index (χ1) is 7.88. The molecule has 0 amide bonds. The maximum Gasteiger partial charge on any atom is 0.0195 e. The van der Waals surface area contributed by atoms with Gasteiger partial charge in [-0.2, -0.15) is 11.8 Å². The highest BCUT2D eigenvalue weighted by atomic mass is 32.2. The molecule has 0 aromatic rings. The van der Waals surface area contributed by atoms with Gasteiger partial charge in [-0.3, -0.25) is 0 Å². The van der Waals surface area contributed by atoms with Gasteiger partial charge in [0.25, 0.3) is 0 Å². The number of hydrogen-bond donors (Lipinski definition) is 1. The molecule has 1 N–H and O–H groups in total. The van der Waals surface area contributed by atoms with E-state index < -0.39 is 0 Å². The average Bonchev–Trinajstić information content (AvgIpc) is 2.80. The predicted molar refractivity (Wildman–Crippen MR) is 73.2 cm³/mol. The number of piperidine rings is 1. The number of nitrogens with zero attached hydrogens (tertiary/aromatic N) is 1. The number of hydrogen-bond acceptors (Lipinski definition) is 3. The van der Waals surface area contributed by atoms with E-state index in [4.69, 9.17) is 0 Å². The van der Waals surface area contributed by atoms with Crippen LogP contribution in [0.25, 0.3) is 0 Å². The van der Waals surface area contributed by atoms with E-state index in [0.29, 0.717) is 0 Å². The molecular formula is C13H26N2S. The van der Waals surface area contributed by atoms with Crippen LogP contribution in [0.1, 0.15) is 32.6 Å². The van der Waals surface area contributed by atoms with E-state index in [1.165, 1.54) is 63.4 Å². The summed E-state index contributed by atoms with van der Waals surface area (Å²) in [5, 5.41) is 3.68. The van der Waals surface area contributed by atoms with Crippen molar-refractivity contribution in [3.05, 3.63) is 0 Å². The quantitative estimate of drug-likeness (QED) is 0.796. The minimum atomic E-state index is 0.766. The van der Waals surface area contributed by atoms with Crippen LogP contribution in [-0.4, -0.2) is 48.6 Å². The van der Waals surface area contributed by atoms with Crippen molar-refractivity contribution >= 4 is 11.8 Å². The fraction of sp³-hybridized carbons (Fsp3) is 1.00. The van der Waals surface area contributed by atoms with E-state index in [1.807, 2.05) is 0 Å². The Labute approximate surface area is 105 Å². The standard InChI is InChI=1S/C13H26N2S/c1-2-6-14-13-4-3-7-15(10-13)9-12-5-8-16-11-12/h12-14H,2-11H2,1H3. The third kappa shape index (κ3) is 3.94. The molecule has 3 heteroatoms. The molecule has 2 aliphatic heterocycles. The Morgan fingerprint density at radius 1 is 1.38 bits per heavy atom. The molecule has 16 heavy (non-hydrogen) atoms. The van der Waals surface area contributed by atoms with Crippen molar-refractivity contribution in [2.45, 2.75) is 38.6 Å². The second kappa shape index (κ2) is 6.87. The summed E-state index contributed by atoms with van der Waals surface area (Å²) in [6.07, 6.45) is 5.49. The van der Waals surface area contributed by atoms with Crippen LogP contribution < -0.4 is 5.32 Å². The fourth-order valence-corrected chi connectivity index (χ4v) is 4.10. The van der Waals surface area contributed by atoms with Gasteiger partial charge in [0.1, 0.15) is 0 Å². The van der Waals surface area contributed by atoms with E-state index >= 15 is 0 Å². The highest BCUT2D eigenvalue weighted by Gasteiger charge is 2.23. The molecule has 0 radical (unpaired) electrons. The average molecular weight is 242 g/mol. The molecule has 2 unspecified atom stereocenters. The lowest BCUT2D eigenvalue weighted by Crippen LogP contribution is -2.47. The molecule has 0 spiro atoms. The Bertz CT molecular complexity index is 192. The molecule has 2 aliphatic rings. The lowest BCUT2D eigenvalue weighted by atomic mass is 10.0. The molecule has 2 nitrogen and oxygen atoms in total. The second-order valence-corrected chi connectivity index (χ2v) is 6.43. The Morgan fingerprint density at radius 3 is 3.06 bits per heavy atom. The lowest BCUT2D eigenvalue weighted by Gasteiger charge is -2.34. The molecule has 2 saturated heterocycles. The highest BCUT2D eigenvalue weighted by molar-refractivity contribution is 7.99. The van der Waals surface area contributed by atoms with E-state index in [9.17, 15) is 0 Å². The van der Waals surface area contributed by atoms with Gasteiger partial charge in [-0.15, -0.1) is 0 Å². The maximum absolute atomic E-state index is 3.68. The summed E-state index contributed by atoms with van der Waals surface area (Å²) < 4.78 is 0. The highest BCUT2D eigenvalue weighted by Crippen LogP contribution is 2.25. The summed E-state index contributed by atoms with van der Waals surface area (Å²) >= 11 is 2.14. The Balaban J connectivity index is 1.68. The SMILES string of the molecule is CCCNC1CCCN(CC2CCSC2)C1. The van der Waals surface area contributed by atoms with Crippen molar-refractivity contribution in [1.29, 1.82) is 0 Å². The summed E-state index contributed by atoms with van der Waals surface area (Å²) in [5.41, 5.74) is 0. The molecule has 2 rings (SSSR count). The number of rotatable bonds is 5. The largest absolute Gasteiger partial charge is 0.313 e. The normalized spacial score (nSPS) is 32.1. The number of nitrogens with one attached hydrogen (secondary N) is 1. The van der Waals surface area contributed by atoms with Gasteiger partial charge in [0.05, 0.1) is 0 Å².